The second kappa shape index (κ2) is 10.7. The number of alkyl halides is 3. The standard InChI is InChI=1S/C23H27F3N4O3S/c24-23(25,26)33-18-6-3-15(4-7-18)11-27-16-10-20-22(32)29-12-17(30(20)14-16)5-8-21(31)28-13-19-2-1-9-34-19/h1-4,6-7,9,16-17,20,27H,5,8,10-14H2,(H,28,31)(H,29,32). The molecule has 3 atom stereocenters. The van der Waals surface area contributed by atoms with Gasteiger partial charge in [-0.2, -0.15) is 0 Å². The number of benzene rings is 1. The van der Waals surface area contributed by atoms with E-state index < -0.39 is 6.36 Å². The highest BCUT2D eigenvalue weighted by Gasteiger charge is 2.43. The normalized spacial score (nSPS) is 22.8. The maximum Gasteiger partial charge on any atom is 0.573 e. The predicted octanol–water partition coefficient (Wildman–Crippen LogP) is 2.77. The minimum absolute atomic E-state index is 0.00338. The number of carbonyl (C=O) groups is 2. The van der Waals surface area contributed by atoms with Crippen LogP contribution in [-0.2, 0) is 22.7 Å². The summed E-state index contributed by atoms with van der Waals surface area (Å²) in [4.78, 5) is 27.9. The third kappa shape index (κ3) is 6.71. The summed E-state index contributed by atoms with van der Waals surface area (Å²) in [5.74, 6) is -0.266. The van der Waals surface area contributed by atoms with Gasteiger partial charge >= 0.3 is 6.36 Å². The number of hydrogen-bond donors (Lipinski definition) is 3. The number of nitrogens with one attached hydrogen (secondary N) is 3. The van der Waals surface area contributed by atoms with Gasteiger partial charge in [-0.3, -0.25) is 14.5 Å². The number of ether oxygens (including phenoxy) is 1. The van der Waals surface area contributed by atoms with E-state index in [2.05, 4.69) is 25.6 Å². The average molecular weight is 497 g/mol. The van der Waals surface area contributed by atoms with Crippen LogP contribution in [0.3, 0.4) is 0 Å². The first-order chi connectivity index (χ1) is 16.3. The van der Waals surface area contributed by atoms with E-state index in [1.807, 2.05) is 17.5 Å². The molecule has 11 heteroatoms. The highest BCUT2D eigenvalue weighted by atomic mass is 32.1. The number of hydrogen-bond acceptors (Lipinski definition) is 6. The molecule has 184 valence electrons. The molecule has 7 nitrogen and oxygen atoms in total. The van der Waals surface area contributed by atoms with Gasteiger partial charge in [0.15, 0.2) is 0 Å². The Bertz CT molecular complexity index is 969. The molecule has 4 rings (SSSR count). The van der Waals surface area contributed by atoms with E-state index in [0.29, 0.717) is 45.4 Å². The van der Waals surface area contributed by atoms with Crippen LogP contribution in [-0.4, -0.2) is 54.3 Å². The molecule has 0 spiro atoms. The first kappa shape index (κ1) is 24.5. The zero-order chi connectivity index (χ0) is 24.1. The number of halogens is 3. The molecule has 0 saturated carbocycles. The average Bonchev–Trinajstić information content (AvgIpc) is 3.46. The van der Waals surface area contributed by atoms with Gasteiger partial charge in [-0.05, 0) is 42.0 Å². The van der Waals surface area contributed by atoms with Gasteiger partial charge in [0.05, 0.1) is 12.6 Å². The number of piperazine rings is 1. The van der Waals surface area contributed by atoms with Gasteiger partial charge in [-0.1, -0.05) is 18.2 Å². The fourth-order valence-electron chi connectivity index (χ4n) is 4.45. The van der Waals surface area contributed by atoms with Crippen molar-refractivity contribution >= 4 is 23.2 Å². The third-order valence-electron chi connectivity index (χ3n) is 6.12. The first-order valence-electron chi connectivity index (χ1n) is 11.2. The van der Waals surface area contributed by atoms with Gasteiger partial charge in [-0.15, -0.1) is 24.5 Å². The highest BCUT2D eigenvalue weighted by Crippen LogP contribution is 2.27. The van der Waals surface area contributed by atoms with Crippen molar-refractivity contribution in [3.05, 3.63) is 52.2 Å². The van der Waals surface area contributed by atoms with E-state index in [-0.39, 0.29) is 35.7 Å². The van der Waals surface area contributed by atoms with Gasteiger partial charge in [0.25, 0.3) is 0 Å². The fraction of sp³-hybridized carbons (Fsp3) is 0.478. The molecule has 0 aliphatic carbocycles. The fourth-order valence-corrected chi connectivity index (χ4v) is 5.09. The molecule has 2 fully saturated rings. The summed E-state index contributed by atoms with van der Waals surface area (Å²) in [5, 5.41) is 11.3. The number of rotatable bonds is 9. The van der Waals surface area contributed by atoms with E-state index in [9.17, 15) is 22.8 Å². The molecule has 3 heterocycles. The smallest absolute Gasteiger partial charge is 0.406 e. The molecule has 0 bridgehead atoms. The molecule has 34 heavy (non-hydrogen) atoms. The first-order valence-corrected chi connectivity index (χ1v) is 12.1. The SMILES string of the molecule is O=C(CCC1CNC(=O)C2CC(NCc3ccc(OC(F)(F)F)cc3)CN12)NCc1cccs1. The van der Waals surface area contributed by atoms with Crippen molar-refractivity contribution in [2.75, 3.05) is 13.1 Å². The van der Waals surface area contributed by atoms with Gasteiger partial charge in [0, 0.05) is 43.0 Å². The van der Waals surface area contributed by atoms with Crippen LogP contribution in [0.25, 0.3) is 0 Å². The Balaban J connectivity index is 1.24. The molecule has 0 radical (unpaired) electrons. The Morgan fingerprint density at radius 2 is 2.00 bits per heavy atom. The van der Waals surface area contributed by atoms with Crippen molar-refractivity contribution in [2.45, 2.75) is 56.8 Å². The molecule has 1 aromatic carbocycles. The molecule has 2 amide bonds. The van der Waals surface area contributed by atoms with Crippen LogP contribution in [0.4, 0.5) is 13.2 Å². The monoisotopic (exact) mass is 496 g/mol. The van der Waals surface area contributed by atoms with Crippen molar-refractivity contribution in [3.63, 3.8) is 0 Å². The Morgan fingerprint density at radius 1 is 1.21 bits per heavy atom. The van der Waals surface area contributed by atoms with Gasteiger partial charge in [0.2, 0.25) is 11.8 Å². The van der Waals surface area contributed by atoms with E-state index in [4.69, 9.17) is 0 Å². The molecular formula is C23H27F3N4O3S. The largest absolute Gasteiger partial charge is 0.573 e. The zero-order valence-corrected chi connectivity index (χ0v) is 19.3. The van der Waals surface area contributed by atoms with Crippen LogP contribution in [0.2, 0.25) is 0 Å². The molecule has 2 aliphatic rings. The molecular weight excluding hydrogens is 469 g/mol. The van der Waals surface area contributed by atoms with Crippen LogP contribution >= 0.6 is 11.3 Å². The van der Waals surface area contributed by atoms with E-state index >= 15 is 0 Å². The predicted molar refractivity (Wildman–Crippen MR) is 121 cm³/mol. The summed E-state index contributed by atoms with van der Waals surface area (Å²) in [5.41, 5.74) is 0.822. The number of nitrogens with zero attached hydrogens (tertiary/aromatic N) is 1. The molecule has 2 saturated heterocycles. The summed E-state index contributed by atoms with van der Waals surface area (Å²) in [6.45, 7) is 2.18. The van der Waals surface area contributed by atoms with Crippen molar-refractivity contribution in [1.82, 2.24) is 20.9 Å². The molecule has 3 N–H and O–H groups in total. The van der Waals surface area contributed by atoms with Crippen LogP contribution in [0, 0.1) is 0 Å². The van der Waals surface area contributed by atoms with E-state index in [1.54, 1.807) is 23.5 Å². The second-order valence-electron chi connectivity index (χ2n) is 8.51. The third-order valence-corrected chi connectivity index (χ3v) is 7.00. The quantitative estimate of drug-likeness (QED) is 0.498. The lowest BCUT2D eigenvalue weighted by Crippen LogP contribution is -2.58. The number of amides is 2. The van der Waals surface area contributed by atoms with Gasteiger partial charge in [-0.25, -0.2) is 0 Å². The number of carbonyl (C=O) groups excluding carboxylic acids is 2. The summed E-state index contributed by atoms with van der Waals surface area (Å²) in [7, 11) is 0. The summed E-state index contributed by atoms with van der Waals surface area (Å²) >= 11 is 1.60. The zero-order valence-electron chi connectivity index (χ0n) is 18.4. The van der Waals surface area contributed by atoms with Crippen molar-refractivity contribution in [2.24, 2.45) is 0 Å². The van der Waals surface area contributed by atoms with Gasteiger partial charge < -0.3 is 20.7 Å². The van der Waals surface area contributed by atoms with Crippen LogP contribution in [0.15, 0.2) is 41.8 Å². The van der Waals surface area contributed by atoms with Crippen molar-refractivity contribution in [3.8, 4) is 5.75 Å². The molecule has 2 aromatic rings. The van der Waals surface area contributed by atoms with Crippen LogP contribution in [0.5, 0.6) is 5.75 Å². The minimum atomic E-state index is -4.71. The lowest BCUT2D eigenvalue weighted by atomic mass is 10.0. The van der Waals surface area contributed by atoms with Gasteiger partial charge in [0.1, 0.15) is 5.75 Å². The summed E-state index contributed by atoms with van der Waals surface area (Å²) in [6, 6.07) is 9.58. The Kier molecular flexibility index (Phi) is 7.74. The Labute approximate surface area is 199 Å². The van der Waals surface area contributed by atoms with E-state index in [1.165, 1.54) is 12.1 Å². The Morgan fingerprint density at radius 3 is 2.71 bits per heavy atom. The topological polar surface area (TPSA) is 82.7 Å². The summed E-state index contributed by atoms with van der Waals surface area (Å²) < 4.78 is 40.8. The summed E-state index contributed by atoms with van der Waals surface area (Å²) in [6.07, 6.45) is -3.03. The number of thiophene rings is 1. The maximum absolute atomic E-state index is 12.4. The molecule has 2 aliphatic heterocycles. The minimum Gasteiger partial charge on any atom is -0.406 e. The molecule has 3 unspecified atom stereocenters. The molecule has 1 aromatic heterocycles. The van der Waals surface area contributed by atoms with Crippen LogP contribution in [0.1, 0.15) is 29.7 Å². The highest BCUT2D eigenvalue weighted by molar-refractivity contribution is 7.09. The maximum atomic E-state index is 12.4. The second-order valence-corrected chi connectivity index (χ2v) is 9.54. The van der Waals surface area contributed by atoms with E-state index in [0.717, 1.165) is 10.4 Å². The lowest BCUT2D eigenvalue weighted by molar-refractivity contribution is -0.274. The lowest BCUT2D eigenvalue weighted by Gasteiger charge is -2.37. The Hall–Kier alpha value is -2.63. The van der Waals surface area contributed by atoms with Crippen molar-refractivity contribution < 1.29 is 27.5 Å². The number of fused-ring (bicyclic) bond motifs is 1. The van der Waals surface area contributed by atoms with Crippen LogP contribution < -0.4 is 20.7 Å². The van der Waals surface area contributed by atoms with Crippen molar-refractivity contribution in [1.29, 1.82) is 0 Å².